The zero-order chi connectivity index (χ0) is 13.2. The molecule has 0 saturated carbocycles. The van der Waals surface area contributed by atoms with Crippen molar-refractivity contribution < 1.29 is 17.9 Å². The normalized spacial score (nSPS) is 21.9. The van der Waals surface area contributed by atoms with Crippen molar-refractivity contribution in [1.82, 2.24) is 9.88 Å². The molecule has 1 aromatic rings. The highest BCUT2D eigenvalue weighted by Gasteiger charge is 2.30. The Labute approximate surface area is 104 Å². The first-order valence-electron chi connectivity index (χ1n) is 5.83. The molecule has 1 unspecified atom stereocenters. The van der Waals surface area contributed by atoms with Gasteiger partial charge in [0, 0.05) is 18.8 Å². The molecule has 0 N–H and O–H groups in total. The second-order valence-electron chi connectivity index (χ2n) is 4.53. The molecule has 2 heterocycles. The molecule has 100 valence electrons. The predicted molar refractivity (Wildman–Crippen MR) is 60.4 cm³/mol. The van der Waals surface area contributed by atoms with Crippen molar-refractivity contribution in [3.63, 3.8) is 0 Å². The molecule has 0 radical (unpaired) electrons. The molecule has 1 aliphatic heterocycles. The van der Waals surface area contributed by atoms with E-state index in [1.165, 1.54) is 6.07 Å². The minimum Gasteiger partial charge on any atom is -0.473 e. The number of aromatic nitrogens is 1. The molecule has 6 heteroatoms. The van der Waals surface area contributed by atoms with Crippen LogP contribution < -0.4 is 4.74 Å². The molecular formula is C12H15F3N2O. The van der Waals surface area contributed by atoms with Gasteiger partial charge in [0.25, 0.3) is 0 Å². The summed E-state index contributed by atoms with van der Waals surface area (Å²) in [5, 5.41) is 0. The third-order valence-corrected chi connectivity index (χ3v) is 2.93. The Bertz CT molecular complexity index is 391. The Hall–Kier alpha value is -1.30. The number of ether oxygens (including phenoxy) is 1. The number of likely N-dealkylation sites (N-methyl/N-ethyl adjacent to an activating group) is 1. The fourth-order valence-electron chi connectivity index (χ4n) is 2.00. The summed E-state index contributed by atoms with van der Waals surface area (Å²) in [5.41, 5.74) is -0.754. The van der Waals surface area contributed by atoms with Crippen molar-refractivity contribution in [2.24, 2.45) is 0 Å². The van der Waals surface area contributed by atoms with E-state index >= 15 is 0 Å². The maximum Gasteiger partial charge on any atom is 0.417 e. The Kier molecular flexibility index (Phi) is 3.75. The molecule has 1 saturated heterocycles. The Morgan fingerprint density at radius 2 is 2.17 bits per heavy atom. The highest BCUT2D eigenvalue weighted by Crippen LogP contribution is 2.29. The molecule has 1 fully saturated rings. The Morgan fingerprint density at radius 3 is 2.72 bits per heavy atom. The number of nitrogens with zero attached hydrogens (tertiary/aromatic N) is 2. The van der Waals surface area contributed by atoms with Crippen LogP contribution in [0.15, 0.2) is 18.3 Å². The lowest BCUT2D eigenvalue weighted by Crippen LogP contribution is -2.38. The molecule has 0 spiro atoms. The molecule has 1 atom stereocenters. The summed E-state index contributed by atoms with van der Waals surface area (Å²) in [4.78, 5) is 5.84. The van der Waals surface area contributed by atoms with Crippen LogP contribution in [0.1, 0.15) is 18.4 Å². The zero-order valence-corrected chi connectivity index (χ0v) is 10.1. The van der Waals surface area contributed by atoms with Crippen molar-refractivity contribution in [1.29, 1.82) is 0 Å². The van der Waals surface area contributed by atoms with Gasteiger partial charge in [0.05, 0.1) is 5.56 Å². The smallest absolute Gasteiger partial charge is 0.417 e. The van der Waals surface area contributed by atoms with Gasteiger partial charge in [0.15, 0.2) is 0 Å². The van der Waals surface area contributed by atoms with Crippen molar-refractivity contribution in [3.8, 4) is 5.88 Å². The SMILES string of the molecule is CN1CCCC(Oc2ccc(C(F)(F)F)cn2)C1. The monoisotopic (exact) mass is 260 g/mol. The minimum absolute atomic E-state index is 0.00740. The van der Waals surface area contributed by atoms with Gasteiger partial charge in [-0.25, -0.2) is 4.98 Å². The summed E-state index contributed by atoms with van der Waals surface area (Å²) in [7, 11) is 2.00. The second-order valence-corrected chi connectivity index (χ2v) is 4.53. The fraction of sp³-hybridized carbons (Fsp3) is 0.583. The second kappa shape index (κ2) is 5.14. The molecule has 0 bridgehead atoms. The first-order chi connectivity index (χ1) is 8.45. The molecule has 2 rings (SSSR count). The molecule has 0 aliphatic carbocycles. The summed E-state index contributed by atoms with van der Waals surface area (Å²) in [5.74, 6) is 0.253. The Balaban J connectivity index is 1.98. The Morgan fingerprint density at radius 1 is 1.39 bits per heavy atom. The summed E-state index contributed by atoms with van der Waals surface area (Å²) in [6, 6.07) is 2.27. The van der Waals surface area contributed by atoms with E-state index in [0.29, 0.717) is 0 Å². The van der Waals surface area contributed by atoms with Gasteiger partial charge in [-0.3, -0.25) is 0 Å². The summed E-state index contributed by atoms with van der Waals surface area (Å²) >= 11 is 0. The number of rotatable bonds is 2. The number of piperidine rings is 1. The zero-order valence-electron chi connectivity index (χ0n) is 10.1. The van der Waals surface area contributed by atoms with Gasteiger partial charge < -0.3 is 9.64 Å². The first kappa shape index (κ1) is 13.1. The van der Waals surface area contributed by atoms with Gasteiger partial charge in [-0.05, 0) is 32.5 Å². The van der Waals surface area contributed by atoms with Gasteiger partial charge in [0.2, 0.25) is 5.88 Å². The highest BCUT2D eigenvalue weighted by molar-refractivity contribution is 5.20. The van der Waals surface area contributed by atoms with Gasteiger partial charge in [-0.15, -0.1) is 0 Å². The van der Waals surface area contributed by atoms with Crippen molar-refractivity contribution >= 4 is 0 Å². The highest BCUT2D eigenvalue weighted by atomic mass is 19.4. The average Bonchev–Trinajstić information content (AvgIpc) is 2.28. The van der Waals surface area contributed by atoms with Crippen LogP contribution in [0, 0.1) is 0 Å². The van der Waals surface area contributed by atoms with E-state index in [9.17, 15) is 13.2 Å². The van der Waals surface area contributed by atoms with E-state index in [1.54, 1.807) is 0 Å². The van der Waals surface area contributed by atoms with Gasteiger partial charge in [0.1, 0.15) is 6.10 Å². The summed E-state index contributed by atoms with van der Waals surface area (Å²) in [6.45, 7) is 1.81. The van der Waals surface area contributed by atoms with Crippen LogP contribution in [-0.4, -0.2) is 36.1 Å². The van der Waals surface area contributed by atoms with Crippen LogP contribution in [0.5, 0.6) is 5.88 Å². The van der Waals surface area contributed by atoms with E-state index in [2.05, 4.69) is 9.88 Å². The molecule has 0 aromatic carbocycles. The topological polar surface area (TPSA) is 25.4 Å². The lowest BCUT2D eigenvalue weighted by atomic mass is 10.1. The van der Waals surface area contributed by atoms with E-state index < -0.39 is 11.7 Å². The van der Waals surface area contributed by atoms with Crippen molar-refractivity contribution in [2.75, 3.05) is 20.1 Å². The molecule has 1 aliphatic rings. The first-order valence-corrected chi connectivity index (χ1v) is 5.83. The molecular weight excluding hydrogens is 245 g/mol. The number of pyridine rings is 1. The van der Waals surface area contributed by atoms with Crippen LogP contribution in [0.4, 0.5) is 13.2 Å². The van der Waals surface area contributed by atoms with Crippen LogP contribution in [0.25, 0.3) is 0 Å². The lowest BCUT2D eigenvalue weighted by molar-refractivity contribution is -0.137. The lowest BCUT2D eigenvalue weighted by Gasteiger charge is -2.29. The molecule has 0 amide bonds. The fourth-order valence-corrected chi connectivity index (χ4v) is 2.00. The summed E-state index contributed by atoms with van der Waals surface area (Å²) in [6.07, 6.45) is -1.60. The van der Waals surface area contributed by atoms with E-state index in [1.807, 2.05) is 7.05 Å². The number of halogens is 3. The van der Waals surface area contributed by atoms with Crippen LogP contribution in [-0.2, 0) is 6.18 Å². The van der Waals surface area contributed by atoms with Gasteiger partial charge in [-0.2, -0.15) is 13.2 Å². The minimum atomic E-state index is -4.35. The number of hydrogen-bond donors (Lipinski definition) is 0. The molecule has 18 heavy (non-hydrogen) atoms. The van der Waals surface area contributed by atoms with E-state index in [4.69, 9.17) is 4.74 Å². The van der Waals surface area contributed by atoms with Crippen molar-refractivity contribution in [2.45, 2.75) is 25.1 Å². The van der Waals surface area contributed by atoms with Gasteiger partial charge >= 0.3 is 6.18 Å². The standard InChI is InChI=1S/C12H15F3N2O/c1-17-6-2-3-10(8-17)18-11-5-4-9(7-16-11)12(13,14)15/h4-5,7,10H,2-3,6,8H2,1H3. The van der Waals surface area contributed by atoms with Gasteiger partial charge in [-0.1, -0.05) is 0 Å². The van der Waals surface area contributed by atoms with Crippen LogP contribution >= 0.6 is 0 Å². The quantitative estimate of drug-likeness (QED) is 0.817. The third-order valence-electron chi connectivity index (χ3n) is 2.93. The molecule has 3 nitrogen and oxygen atoms in total. The number of hydrogen-bond acceptors (Lipinski definition) is 3. The maximum atomic E-state index is 12.3. The van der Waals surface area contributed by atoms with Crippen LogP contribution in [0.2, 0.25) is 0 Å². The van der Waals surface area contributed by atoms with Crippen LogP contribution in [0.3, 0.4) is 0 Å². The van der Waals surface area contributed by atoms with E-state index in [0.717, 1.165) is 38.2 Å². The number of likely N-dealkylation sites (tertiary alicyclic amines) is 1. The maximum absolute atomic E-state index is 12.3. The largest absolute Gasteiger partial charge is 0.473 e. The van der Waals surface area contributed by atoms with Crippen molar-refractivity contribution in [3.05, 3.63) is 23.9 Å². The predicted octanol–water partition coefficient (Wildman–Crippen LogP) is 2.57. The summed E-state index contributed by atoms with van der Waals surface area (Å²) < 4.78 is 42.6. The third kappa shape index (κ3) is 3.35. The molecule has 1 aromatic heterocycles. The number of alkyl halides is 3. The average molecular weight is 260 g/mol. The van der Waals surface area contributed by atoms with E-state index in [-0.39, 0.29) is 12.0 Å².